The summed E-state index contributed by atoms with van der Waals surface area (Å²) in [5.41, 5.74) is 3.13. The predicted molar refractivity (Wildman–Crippen MR) is 84.3 cm³/mol. The van der Waals surface area contributed by atoms with Crippen molar-refractivity contribution in [1.29, 1.82) is 0 Å². The molecule has 0 amide bonds. The number of aromatic nitrogens is 4. The van der Waals surface area contributed by atoms with E-state index in [0.29, 0.717) is 11.9 Å². The molecule has 1 atom stereocenters. The second-order valence-electron chi connectivity index (χ2n) is 5.45. The van der Waals surface area contributed by atoms with E-state index in [1.54, 1.807) is 0 Å². The van der Waals surface area contributed by atoms with Crippen LogP contribution in [0.1, 0.15) is 64.0 Å². The summed E-state index contributed by atoms with van der Waals surface area (Å²) in [5.74, 6) is 1.42. The monoisotopic (exact) mass is 296 g/mol. The van der Waals surface area contributed by atoms with Gasteiger partial charge in [0.15, 0.2) is 5.65 Å². The van der Waals surface area contributed by atoms with Gasteiger partial charge in [-0.05, 0) is 27.2 Å². The molecule has 0 saturated carbocycles. The van der Waals surface area contributed by atoms with Gasteiger partial charge < -0.3 is 4.57 Å². The highest BCUT2D eigenvalue weighted by Crippen LogP contribution is 2.27. The molecule has 0 aliphatic rings. The maximum Gasteiger partial charge on any atom is 0.159 e. The van der Waals surface area contributed by atoms with Gasteiger partial charge in [0.1, 0.15) is 11.3 Å². The summed E-state index contributed by atoms with van der Waals surface area (Å²) in [6, 6.07) is 0.418. The highest BCUT2D eigenvalue weighted by atomic mass is 35.5. The number of unbranched alkanes of at least 4 members (excludes halogenated alkanes) is 2. The van der Waals surface area contributed by atoms with Gasteiger partial charge >= 0.3 is 0 Å². The van der Waals surface area contributed by atoms with Crippen molar-refractivity contribution in [2.75, 3.05) is 0 Å². The van der Waals surface area contributed by atoms with Crippen LogP contribution in [0.5, 0.6) is 0 Å². The Kier molecular flexibility index (Phi) is 5.08. The number of aryl methyl sites for hydroxylation is 2. The van der Waals surface area contributed by atoms with E-state index in [9.17, 15) is 0 Å². The van der Waals surface area contributed by atoms with E-state index in [4.69, 9.17) is 16.6 Å². The SMILES string of the molecule is CCCCCC(C)n1c(CCl)nc2c(C)nn(CC)c21. The zero-order valence-electron chi connectivity index (χ0n) is 13.0. The van der Waals surface area contributed by atoms with Gasteiger partial charge in [-0.25, -0.2) is 9.67 Å². The summed E-state index contributed by atoms with van der Waals surface area (Å²) in [6.45, 7) is 9.49. The Morgan fingerprint density at radius 1 is 1.25 bits per heavy atom. The molecule has 4 nitrogen and oxygen atoms in total. The molecule has 0 bridgehead atoms. The first-order valence-electron chi connectivity index (χ1n) is 7.64. The Labute approximate surface area is 126 Å². The Morgan fingerprint density at radius 2 is 2.00 bits per heavy atom. The van der Waals surface area contributed by atoms with E-state index in [2.05, 4.69) is 30.4 Å². The largest absolute Gasteiger partial charge is 0.309 e. The zero-order valence-corrected chi connectivity index (χ0v) is 13.7. The van der Waals surface area contributed by atoms with Crippen molar-refractivity contribution in [2.45, 2.75) is 71.8 Å². The van der Waals surface area contributed by atoms with Crippen LogP contribution in [0, 0.1) is 6.92 Å². The molecule has 1 unspecified atom stereocenters. The molecule has 112 valence electrons. The molecule has 20 heavy (non-hydrogen) atoms. The number of halogens is 1. The molecule has 2 rings (SSSR count). The number of hydrogen-bond donors (Lipinski definition) is 0. The van der Waals surface area contributed by atoms with Crippen LogP contribution in [0.25, 0.3) is 11.2 Å². The topological polar surface area (TPSA) is 35.6 Å². The fourth-order valence-corrected chi connectivity index (χ4v) is 3.02. The lowest BCUT2D eigenvalue weighted by Gasteiger charge is -2.17. The van der Waals surface area contributed by atoms with Crippen molar-refractivity contribution in [1.82, 2.24) is 19.3 Å². The molecule has 0 fully saturated rings. The molecule has 0 aliphatic heterocycles. The average molecular weight is 297 g/mol. The fraction of sp³-hybridized carbons (Fsp3) is 0.733. The van der Waals surface area contributed by atoms with E-state index < -0.39 is 0 Å². The molecule has 0 radical (unpaired) electrons. The van der Waals surface area contributed by atoms with Gasteiger partial charge in [0, 0.05) is 12.6 Å². The quantitative estimate of drug-likeness (QED) is 0.559. The second kappa shape index (κ2) is 6.61. The molecule has 2 heterocycles. The van der Waals surface area contributed by atoms with Gasteiger partial charge in [0.05, 0.1) is 11.6 Å². The van der Waals surface area contributed by atoms with Gasteiger partial charge in [-0.3, -0.25) is 0 Å². The number of imidazole rings is 1. The molecule has 5 heteroatoms. The van der Waals surface area contributed by atoms with Gasteiger partial charge in [-0.1, -0.05) is 26.2 Å². The van der Waals surface area contributed by atoms with Crippen LogP contribution >= 0.6 is 11.6 Å². The van der Waals surface area contributed by atoms with Gasteiger partial charge in [-0.2, -0.15) is 5.10 Å². The summed E-state index contributed by atoms with van der Waals surface area (Å²) in [5, 5.41) is 4.57. The van der Waals surface area contributed by atoms with Gasteiger partial charge in [0.25, 0.3) is 0 Å². The van der Waals surface area contributed by atoms with E-state index in [-0.39, 0.29) is 0 Å². The van der Waals surface area contributed by atoms with Crippen molar-refractivity contribution in [3.8, 4) is 0 Å². The normalized spacial score (nSPS) is 13.2. The molecule has 0 saturated heterocycles. The molecule has 0 aromatic carbocycles. The summed E-state index contributed by atoms with van der Waals surface area (Å²) in [4.78, 5) is 4.70. The molecule has 0 spiro atoms. The molecular formula is C15H25ClN4. The number of alkyl halides is 1. The Hall–Kier alpha value is -1.03. The summed E-state index contributed by atoms with van der Waals surface area (Å²) >= 11 is 6.10. The molecule has 0 N–H and O–H groups in total. The molecular weight excluding hydrogens is 272 g/mol. The lowest BCUT2D eigenvalue weighted by molar-refractivity contribution is 0.467. The number of nitrogens with zero attached hydrogens (tertiary/aromatic N) is 4. The van der Waals surface area contributed by atoms with Crippen molar-refractivity contribution in [3.63, 3.8) is 0 Å². The van der Waals surface area contributed by atoms with Crippen molar-refractivity contribution in [3.05, 3.63) is 11.5 Å². The van der Waals surface area contributed by atoms with Crippen molar-refractivity contribution >= 4 is 22.8 Å². The molecule has 2 aromatic rings. The van der Waals surface area contributed by atoms with Crippen LogP contribution in [0.15, 0.2) is 0 Å². The molecule has 2 aromatic heterocycles. The van der Waals surface area contributed by atoms with Crippen LogP contribution in [0.2, 0.25) is 0 Å². The lowest BCUT2D eigenvalue weighted by atomic mass is 10.1. The van der Waals surface area contributed by atoms with E-state index in [0.717, 1.165) is 35.6 Å². The summed E-state index contributed by atoms with van der Waals surface area (Å²) in [6.07, 6.45) is 4.94. The van der Waals surface area contributed by atoms with Gasteiger partial charge in [-0.15, -0.1) is 11.6 Å². The van der Waals surface area contributed by atoms with E-state index in [1.807, 2.05) is 11.6 Å². The zero-order chi connectivity index (χ0) is 14.7. The van der Waals surface area contributed by atoms with Crippen LogP contribution in [0.3, 0.4) is 0 Å². The van der Waals surface area contributed by atoms with Crippen LogP contribution < -0.4 is 0 Å². The minimum atomic E-state index is 0.418. The van der Waals surface area contributed by atoms with E-state index in [1.165, 1.54) is 19.3 Å². The number of fused-ring (bicyclic) bond motifs is 1. The highest BCUT2D eigenvalue weighted by molar-refractivity contribution is 6.16. The Morgan fingerprint density at radius 3 is 2.60 bits per heavy atom. The highest BCUT2D eigenvalue weighted by Gasteiger charge is 2.20. The van der Waals surface area contributed by atoms with Crippen LogP contribution in [-0.4, -0.2) is 19.3 Å². The first kappa shape index (κ1) is 15.4. The first-order chi connectivity index (χ1) is 9.63. The minimum Gasteiger partial charge on any atom is -0.309 e. The van der Waals surface area contributed by atoms with Crippen molar-refractivity contribution in [2.24, 2.45) is 0 Å². The lowest BCUT2D eigenvalue weighted by Crippen LogP contribution is -2.12. The smallest absolute Gasteiger partial charge is 0.159 e. The van der Waals surface area contributed by atoms with Crippen molar-refractivity contribution < 1.29 is 0 Å². The Bertz CT molecular complexity index is 570. The maximum absolute atomic E-state index is 6.10. The third-order valence-electron chi connectivity index (χ3n) is 3.90. The van der Waals surface area contributed by atoms with Crippen LogP contribution in [0.4, 0.5) is 0 Å². The average Bonchev–Trinajstić information content (AvgIpc) is 2.96. The standard InChI is InChI=1S/C15H25ClN4/c1-5-7-8-9-11(3)20-13(10-16)17-14-12(4)18-19(6-2)15(14)20/h11H,5-10H2,1-4H3. The summed E-state index contributed by atoms with van der Waals surface area (Å²) < 4.78 is 4.34. The second-order valence-corrected chi connectivity index (χ2v) is 5.72. The Balaban J connectivity index is 2.43. The first-order valence-corrected chi connectivity index (χ1v) is 8.17. The summed E-state index contributed by atoms with van der Waals surface area (Å²) in [7, 11) is 0. The third kappa shape index (κ3) is 2.71. The predicted octanol–water partition coefficient (Wildman–Crippen LogP) is 4.44. The maximum atomic E-state index is 6.10. The number of hydrogen-bond acceptors (Lipinski definition) is 2. The fourth-order valence-electron chi connectivity index (χ4n) is 2.83. The van der Waals surface area contributed by atoms with Crippen LogP contribution in [-0.2, 0) is 12.4 Å². The third-order valence-corrected chi connectivity index (χ3v) is 4.14. The molecule has 0 aliphatic carbocycles. The minimum absolute atomic E-state index is 0.418. The van der Waals surface area contributed by atoms with Gasteiger partial charge in [0.2, 0.25) is 0 Å². The van der Waals surface area contributed by atoms with E-state index >= 15 is 0 Å². The number of rotatable bonds is 7.